The minimum atomic E-state index is -0.185. The average molecular weight is 255 g/mol. The van der Waals surface area contributed by atoms with Crippen LogP contribution in [0.15, 0.2) is 48.5 Å². The Balaban J connectivity index is 1.80. The van der Waals surface area contributed by atoms with E-state index in [1.165, 1.54) is 30.5 Å². The SMILES string of the molecule is Fc1ccc(-c2ccc(C3CCNCC3)cc2)cc1. The standard InChI is InChI=1S/C17H18FN/c18-17-7-5-15(6-8-17)13-1-3-14(4-2-13)16-9-11-19-12-10-16/h1-8,16,19H,9-12H2. The van der Waals surface area contributed by atoms with Gasteiger partial charge in [-0.05, 0) is 60.7 Å². The van der Waals surface area contributed by atoms with Crippen molar-refractivity contribution in [3.05, 3.63) is 59.9 Å². The van der Waals surface area contributed by atoms with E-state index < -0.39 is 0 Å². The molecule has 2 aromatic rings. The normalized spacial score (nSPS) is 16.5. The molecular weight excluding hydrogens is 237 g/mol. The van der Waals surface area contributed by atoms with Gasteiger partial charge in [0, 0.05) is 0 Å². The highest BCUT2D eigenvalue weighted by Crippen LogP contribution is 2.27. The molecule has 0 radical (unpaired) electrons. The lowest BCUT2D eigenvalue weighted by Crippen LogP contribution is -2.26. The summed E-state index contributed by atoms with van der Waals surface area (Å²) in [6.07, 6.45) is 2.44. The maximum absolute atomic E-state index is 12.9. The Kier molecular flexibility index (Phi) is 3.60. The van der Waals surface area contributed by atoms with Crippen molar-refractivity contribution in [3.63, 3.8) is 0 Å². The maximum atomic E-state index is 12.9. The smallest absolute Gasteiger partial charge is 0.123 e. The third-order valence-corrected chi connectivity index (χ3v) is 3.90. The molecule has 1 aliphatic rings. The van der Waals surface area contributed by atoms with E-state index in [-0.39, 0.29) is 5.82 Å². The summed E-state index contributed by atoms with van der Waals surface area (Å²) in [5.74, 6) is 0.499. The molecule has 1 heterocycles. The number of piperidine rings is 1. The summed E-state index contributed by atoms with van der Waals surface area (Å²) in [5.41, 5.74) is 3.64. The molecule has 0 aromatic heterocycles. The minimum Gasteiger partial charge on any atom is -0.317 e. The molecular formula is C17H18FN. The second-order valence-electron chi connectivity index (χ2n) is 5.15. The van der Waals surface area contributed by atoms with Gasteiger partial charge in [0.25, 0.3) is 0 Å². The van der Waals surface area contributed by atoms with Crippen molar-refractivity contribution < 1.29 is 4.39 Å². The number of hydrogen-bond donors (Lipinski definition) is 1. The predicted molar refractivity (Wildman–Crippen MR) is 76.7 cm³/mol. The van der Waals surface area contributed by atoms with Crippen LogP contribution in [-0.2, 0) is 0 Å². The number of benzene rings is 2. The third kappa shape index (κ3) is 2.85. The first-order chi connectivity index (χ1) is 9.33. The molecule has 0 aliphatic carbocycles. The van der Waals surface area contributed by atoms with E-state index >= 15 is 0 Å². The number of halogens is 1. The first-order valence-corrected chi connectivity index (χ1v) is 6.89. The lowest BCUT2D eigenvalue weighted by atomic mass is 9.89. The van der Waals surface area contributed by atoms with Crippen molar-refractivity contribution >= 4 is 0 Å². The molecule has 0 unspecified atom stereocenters. The third-order valence-electron chi connectivity index (χ3n) is 3.90. The Hall–Kier alpha value is -1.67. The fourth-order valence-electron chi connectivity index (χ4n) is 2.75. The first kappa shape index (κ1) is 12.4. The molecule has 0 amide bonds. The monoisotopic (exact) mass is 255 g/mol. The van der Waals surface area contributed by atoms with Gasteiger partial charge < -0.3 is 5.32 Å². The van der Waals surface area contributed by atoms with E-state index in [0.29, 0.717) is 5.92 Å². The molecule has 2 heteroatoms. The van der Waals surface area contributed by atoms with Crippen LogP contribution in [0.1, 0.15) is 24.3 Å². The van der Waals surface area contributed by atoms with E-state index in [1.807, 2.05) is 12.1 Å². The minimum absolute atomic E-state index is 0.185. The molecule has 1 saturated heterocycles. The van der Waals surface area contributed by atoms with Crippen molar-refractivity contribution in [3.8, 4) is 11.1 Å². The van der Waals surface area contributed by atoms with Gasteiger partial charge in [-0.3, -0.25) is 0 Å². The van der Waals surface area contributed by atoms with Crippen LogP contribution >= 0.6 is 0 Å². The molecule has 0 bridgehead atoms. The van der Waals surface area contributed by atoms with Crippen molar-refractivity contribution in [1.29, 1.82) is 0 Å². The molecule has 0 atom stereocenters. The maximum Gasteiger partial charge on any atom is 0.123 e. The molecule has 1 N–H and O–H groups in total. The Morgan fingerprint density at radius 1 is 0.789 bits per heavy atom. The van der Waals surface area contributed by atoms with Crippen molar-refractivity contribution in [2.24, 2.45) is 0 Å². The number of hydrogen-bond acceptors (Lipinski definition) is 1. The van der Waals surface area contributed by atoms with E-state index in [9.17, 15) is 4.39 Å². The highest BCUT2D eigenvalue weighted by Gasteiger charge is 2.14. The summed E-state index contributed by atoms with van der Waals surface area (Å²) in [6.45, 7) is 2.23. The van der Waals surface area contributed by atoms with Crippen LogP contribution in [0.2, 0.25) is 0 Å². The van der Waals surface area contributed by atoms with Crippen molar-refractivity contribution in [1.82, 2.24) is 5.32 Å². The van der Waals surface area contributed by atoms with Crippen LogP contribution in [0.25, 0.3) is 11.1 Å². The zero-order chi connectivity index (χ0) is 13.1. The predicted octanol–water partition coefficient (Wildman–Crippen LogP) is 3.96. The van der Waals surface area contributed by atoms with Gasteiger partial charge in [-0.1, -0.05) is 36.4 Å². The van der Waals surface area contributed by atoms with Crippen LogP contribution < -0.4 is 5.32 Å². The summed E-state index contributed by atoms with van der Waals surface area (Å²) in [5, 5.41) is 3.39. The van der Waals surface area contributed by atoms with Crippen molar-refractivity contribution in [2.75, 3.05) is 13.1 Å². The average Bonchev–Trinajstić information content (AvgIpc) is 2.49. The quantitative estimate of drug-likeness (QED) is 0.856. The second kappa shape index (κ2) is 5.54. The highest BCUT2D eigenvalue weighted by molar-refractivity contribution is 5.63. The van der Waals surface area contributed by atoms with Crippen LogP contribution in [0.5, 0.6) is 0 Å². The van der Waals surface area contributed by atoms with Crippen LogP contribution in [-0.4, -0.2) is 13.1 Å². The van der Waals surface area contributed by atoms with E-state index in [0.717, 1.165) is 24.2 Å². The topological polar surface area (TPSA) is 12.0 Å². The zero-order valence-corrected chi connectivity index (χ0v) is 10.9. The van der Waals surface area contributed by atoms with Gasteiger partial charge in [0.2, 0.25) is 0 Å². The Bertz CT molecular complexity index is 524. The fraction of sp³-hybridized carbons (Fsp3) is 0.294. The lowest BCUT2D eigenvalue weighted by Gasteiger charge is -2.23. The van der Waals surface area contributed by atoms with Crippen molar-refractivity contribution in [2.45, 2.75) is 18.8 Å². The summed E-state index contributed by atoms with van der Waals surface area (Å²) in [7, 11) is 0. The summed E-state index contributed by atoms with van der Waals surface area (Å²) in [6, 6.07) is 15.4. The molecule has 1 nitrogen and oxygen atoms in total. The molecule has 1 fully saturated rings. The fourth-order valence-corrected chi connectivity index (χ4v) is 2.75. The molecule has 19 heavy (non-hydrogen) atoms. The largest absolute Gasteiger partial charge is 0.317 e. The van der Waals surface area contributed by atoms with Gasteiger partial charge in [0.1, 0.15) is 5.82 Å². The molecule has 0 saturated carbocycles. The van der Waals surface area contributed by atoms with Gasteiger partial charge >= 0.3 is 0 Å². The lowest BCUT2D eigenvalue weighted by molar-refractivity contribution is 0.460. The Labute approximate surface area is 113 Å². The van der Waals surface area contributed by atoms with Gasteiger partial charge in [0.05, 0.1) is 0 Å². The van der Waals surface area contributed by atoms with E-state index in [1.54, 1.807) is 0 Å². The highest BCUT2D eigenvalue weighted by atomic mass is 19.1. The van der Waals surface area contributed by atoms with Gasteiger partial charge in [0.15, 0.2) is 0 Å². The first-order valence-electron chi connectivity index (χ1n) is 6.89. The number of rotatable bonds is 2. The molecule has 0 spiro atoms. The van der Waals surface area contributed by atoms with Crippen LogP contribution in [0.3, 0.4) is 0 Å². The Morgan fingerprint density at radius 3 is 1.89 bits per heavy atom. The van der Waals surface area contributed by atoms with Crippen LogP contribution in [0, 0.1) is 5.82 Å². The summed E-state index contributed by atoms with van der Waals surface area (Å²) in [4.78, 5) is 0. The molecule has 1 aliphatic heterocycles. The van der Waals surface area contributed by atoms with Crippen LogP contribution in [0.4, 0.5) is 4.39 Å². The summed E-state index contributed by atoms with van der Waals surface area (Å²) >= 11 is 0. The van der Waals surface area contributed by atoms with E-state index in [2.05, 4.69) is 29.6 Å². The number of nitrogens with one attached hydrogen (secondary N) is 1. The zero-order valence-electron chi connectivity index (χ0n) is 10.9. The van der Waals surface area contributed by atoms with Gasteiger partial charge in [-0.25, -0.2) is 4.39 Å². The molecule has 2 aromatic carbocycles. The van der Waals surface area contributed by atoms with Gasteiger partial charge in [-0.15, -0.1) is 0 Å². The summed E-state index contributed by atoms with van der Waals surface area (Å²) < 4.78 is 12.9. The Morgan fingerprint density at radius 2 is 1.32 bits per heavy atom. The molecule has 98 valence electrons. The van der Waals surface area contributed by atoms with Gasteiger partial charge in [-0.2, -0.15) is 0 Å². The molecule has 3 rings (SSSR count). The second-order valence-corrected chi connectivity index (χ2v) is 5.15. The van der Waals surface area contributed by atoms with E-state index in [4.69, 9.17) is 0 Å².